The molecule has 29 heavy (non-hydrogen) atoms. The van der Waals surface area contributed by atoms with Gasteiger partial charge in [0.1, 0.15) is 12.4 Å². The summed E-state index contributed by atoms with van der Waals surface area (Å²) in [6, 6.07) is 14.5. The van der Waals surface area contributed by atoms with E-state index in [0.29, 0.717) is 6.61 Å². The van der Waals surface area contributed by atoms with Crippen molar-refractivity contribution in [1.29, 1.82) is 0 Å². The average Bonchev–Trinajstić information content (AvgIpc) is 3.20. The second-order valence-electron chi connectivity index (χ2n) is 7.84. The van der Waals surface area contributed by atoms with E-state index in [1.165, 1.54) is 12.8 Å². The van der Waals surface area contributed by atoms with Crippen molar-refractivity contribution >= 4 is 16.7 Å². The highest BCUT2D eigenvalue weighted by atomic mass is 16.5. The molecule has 1 heterocycles. The molecule has 156 valence electrons. The first-order valence-electron chi connectivity index (χ1n) is 11.0. The zero-order valence-corrected chi connectivity index (χ0v) is 17.8. The van der Waals surface area contributed by atoms with E-state index in [4.69, 9.17) is 4.74 Å². The summed E-state index contributed by atoms with van der Waals surface area (Å²) in [4.78, 5) is 15.3. The Bertz CT molecular complexity index is 825. The van der Waals surface area contributed by atoms with E-state index in [2.05, 4.69) is 48.3 Å². The molecule has 1 saturated heterocycles. The van der Waals surface area contributed by atoms with Gasteiger partial charge in [0.15, 0.2) is 0 Å². The van der Waals surface area contributed by atoms with E-state index in [0.717, 1.165) is 61.0 Å². The fourth-order valence-corrected chi connectivity index (χ4v) is 3.88. The van der Waals surface area contributed by atoms with E-state index < -0.39 is 0 Å². The average molecular weight is 395 g/mol. The van der Waals surface area contributed by atoms with Crippen molar-refractivity contribution in [2.75, 3.05) is 26.2 Å². The number of likely N-dealkylation sites (tertiary alicyclic amines) is 1. The topological polar surface area (TPSA) is 41.6 Å². The summed E-state index contributed by atoms with van der Waals surface area (Å²) >= 11 is 0. The van der Waals surface area contributed by atoms with Crippen LogP contribution in [0.4, 0.5) is 0 Å². The van der Waals surface area contributed by atoms with Gasteiger partial charge < -0.3 is 15.0 Å². The van der Waals surface area contributed by atoms with Crippen molar-refractivity contribution in [2.45, 2.75) is 52.0 Å². The molecule has 1 fully saturated rings. The Labute approximate surface area is 174 Å². The first-order valence-corrected chi connectivity index (χ1v) is 11.0. The first-order chi connectivity index (χ1) is 14.2. The number of carbonyl (C=O) groups is 1. The Hall–Kier alpha value is -2.33. The zero-order valence-electron chi connectivity index (χ0n) is 17.8. The van der Waals surface area contributed by atoms with Crippen LogP contribution < -0.4 is 10.1 Å². The van der Waals surface area contributed by atoms with Crippen molar-refractivity contribution in [1.82, 2.24) is 10.2 Å². The molecule has 1 unspecified atom stereocenters. The third-order valence-corrected chi connectivity index (χ3v) is 5.68. The molecule has 0 saturated carbocycles. The fourth-order valence-electron chi connectivity index (χ4n) is 3.88. The number of rotatable bonds is 10. The molecule has 0 bridgehead atoms. The minimum Gasteiger partial charge on any atom is -0.488 e. The standard InChI is InChI=1S/C25H34N2O2/c1-3-5-6-7-12-21(25(28)26-22-16-17-27(4-2)18-22)19-29-24-15-10-13-20-11-8-9-14-23(20)24/h8-15,22H,3-7,16-19H2,1-2H3,(H,26,28)/b21-12+. The predicted octanol–water partition coefficient (Wildman–Crippen LogP) is 4.94. The van der Waals surface area contributed by atoms with E-state index in [1.807, 2.05) is 24.3 Å². The number of nitrogens with zero attached hydrogens (tertiary/aromatic N) is 1. The molecule has 4 heteroatoms. The molecule has 0 aromatic heterocycles. The summed E-state index contributed by atoms with van der Waals surface area (Å²) in [5.74, 6) is 0.845. The predicted molar refractivity (Wildman–Crippen MR) is 120 cm³/mol. The van der Waals surface area contributed by atoms with Gasteiger partial charge in [-0.2, -0.15) is 0 Å². The lowest BCUT2D eigenvalue weighted by atomic mass is 10.1. The minimum atomic E-state index is 0.0182. The Kier molecular flexibility index (Phi) is 8.12. The number of unbranched alkanes of at least 4 members (excludes halogenated alkanes) is 3. The van der Waals surface area contributed by atoms with Crippen LogP contribution in [-0.4, -0.2) is 43.1 Å². The molecule has 2 aromatic rings. The Morgan fingerprint density at radius 2 is 2.00 bits per heavy atom. The Morgan fingerprint density at radius 1 is 1.17 bits per heavy atom. The molecule has 2 aromatic carbocycles. The molecule has 3 rings (SSSR count). The second-order valence-corrected chi connectivity index (χ2v) is 7.84. The van der Waals surface area contributed by atoms with Gasteiger partial charge in [0, 0.05) is 24.5 Å². The maximum atomic E-state index is 13.0. The van der Waals surface area contributed by atoms with E-state index >= 15 is 0 Å². The van der Waals surface area contributed by atoms with Gasteiger partial charge in [0.2, 0.25) is 0 Å². The minimum absolute atomic E-state index is 0.0182. The number of carbonyl (C=O) groups excluding carboxylic acids is 1. The lowest BCUT2D eigenvalue weighted by molar-refractivity contribution is -0.118. The van der Waals surface area contributed by atoms with Gasteiger partial charge in [0.25, 0.3) is 5.91 Å². The number of benzene rings is 2. The summed E-state index contributed by atoms with van der Waals surface area (Å²) < 4.78 is 6.13. The van der Waals surface area contributed by atoms with Crippen molar-refractivity contribution < 1.29 is 9.53 Å². The number of hydrogen-bond donors (Lipinski definition) is 1. The molecular formula is C25H34N2O2. The van der Waals surface area contributed by atoms with Gasteiger partial charge in [0.05, 0.1) is 5.57 Å². The summed E-state index contributed by atoms with van der Waals surface area (Å²) in [6.07, 6.45) is 7.48. The van der Waals surface area contributed by atoms with Crippen LogP contribution in [0.2, 0.25) is 0 Å². The SMILES string of the molecule is CCCCC/C=C(\COc1cccc2ccccc12)C(=O)NC1CCN(CC)C1. The molecule has 1 aliphatic heterocycles. The molecule has 1 atom stereocenters. The Morgan fingerprint density at radius 3 is 2.79 bits per heavy atom. The fraction of sp³-hybridized carbons (Fsp3) is 0.480. The molecule has 0 radical (unpaired) electrons. The lowest BCUT2D eigenvalue weighted by Gasteiger charge is -2.17. The second kappa shape index (κ2) is 11.0. The maximum Gasteiger partial charge on any atom is 0.250 e. The van der Waals surface area contributed by atoms with Crippen LogP contribution in [0.5, 0.6) is 5.75 Å². The van der Waals surface area contributed by atoms with Gasteiger partial charge in [-0.3, -0.25) is 4.79 Å². The smallest absolute Gasteiger partial charge is 0.250 e. The van der Waals surface area contributed by atoms with Crippen LogP contribution in [0.1, 0.15) is 46.0 Å². The normalized spacial score (nSPS) is 17.6. The number of ether oxygens (including phenoxy) is 1. The molecule has 0 aliphatic carbocycles. The van der Waals surface area contributed by atoms with Crippen molar-refractivity contribution in [3.63, 3.8) is 0 Å². The van der Waals surface area contributed by atoms with E-state index in [-0.39, 0.29) is 11.9 Å². The molecule has 1 N–H and O–H groups in total. The van der Waals surface area contributed by atoms with Crippen LogP contribution in [0.15, 0.2) is 54.1 Å². The quantitative estimate of drug-likeness (QED) is 0.459. The largest absolute Gasteiger partial charge is 0.488 e. The highest BCUT2D eigenvalue weighted by molar-refractivity contribution is 5.94. The summed E-state index contributed by atoms with van der Waals surface area (Å²) in [5.41, 5.74) is 0.740. The first kappa shape index (κ1) is 21.4. The third kappa shape index (κ3) is 6.07. The molecule has 1 aliphatic rings. The van der Waals surface area contributed by atoms with E-state index in [1.54, 1.807) is 0 Å². The number of allylic oxidation sites excluding steroid dienone is 1. The highest BCUT2D eigenvalue weighted by Gasteiger charge is 2.24. The maximum absolute atomic E-state index is 13.0. The van der Waals surface area contributed by atoms with Gasteiger partial charge in [-0.05, 0) is 37.3 Å². The van der Waals surface area contributed by atoms with Crippen LogP contribution in [0.3, 0.4) is 0 Å². The van der Waals surface area contributed by atoms with Crippen molar-refractivity contribution in [3.05, 3.63) is 54.1 Å². The van der Waals surface area contributed by atoms with Crippen molar-refractivity contribution in [3.8, 4) is 5.75 Å². The zero-order chi connectivity index (χ0) is 20.5. The third-order valence-electron chi connectivity index (χ3n) is 5.68. The molecule has 1 amide bonds. The van der Waals surface area contributed by atoms with Gasteiger partial charge in [-0.1, -0.05) is 69.2 Å². The van der Waals surface area contributed by atoms with Crippen LogP contribution >= 0.6 is 0 Å². The molecule has 0 spiro atoms. The lowest BCUT2D eigenvalue weighted by Crippen LogP contribution is -2.38. The summed E-state index contributed by atoms with van der Waals surface area (Å²) in [6.45, 7) is 7.70. The van der Waals surface area contributed by atoms with Crippen LogP contribution in [0, 0.1) is 0 Å². The monoisotopic (exact) mass is 394 g/mol. The number of fused-ring (bicyclic) bond motifs is 1. The van der Waals surface area contributed by atoms with Gasteiger partial charge in [-0.15, -0.1) is 0 Å². The number of nitrogens with one attached hydrogen (secondary N) is 1. The summed E-state index contributed by atoms with van der Waals surface area (Å²) in [7, 11) is 0. The molecular weight excluding hydrogens is 360 g/mol. The van der Waals surface area contributed by atoms with Crippen LogP contribution in [-0.2, 0) is 4.79 Å². The summed E-state index contributed by atoms with van der Waals surface area (Å²) in [5, 5.41) is 5.45. The number of likely N-dealkylation sites (N-methyl/N-ethyl adjacent to an activating group) is 1. The Balaban J connectivity index is 1.67. The van der Waals surface area contributed by atoms with Gasteiger partial charge >= 0.3 is 0 Å². The van der Waals surface area contributed by atoms with E-state index in [9.17, 15) is 4.79 Å². The van der Waals surface area contributed by atoms with Crippen molar-refractivity contribution in [2.24, 2.45) is 0 Å². The van der Waals surface area contributed by atoms with Crippen LogP contribution in [0.25, 0.3) is 10.8 Å². The number of hydrogen-bond acceptors (Lipinski definition) is 3. The van der Waals surface area contributed by atoms with Gasteiger partial charge in [-0.25, -0.2) is 0 Å². The number of amides is 1. The molecule has 4 nitrogen and oxygen atoms in total. The highest BCUT2D eigenvalue weighted by Crippen LogP contribution is 2.25.